The number of benzene rings is 2. The average molecular weight is 333 g/mol. The summed E-state index contributed by atoms with van der Waals surface area (Å²) in [5.41, 5.74) is 1.86. The van der Waals surface area contributed by atoms with Crippen molar-refractivity contribution in [2.45, 2.75) is 12.5 Å². The van der Waals surface area contributed by atoms with E-state index >= 15 is 0 Å². The minimum atomic E-state index is -0.516. The predicted molar refractivity (Wildman–Crippen MR) is 84.4 cm³/mol. The first kappa shape index (κ1) is 17.9. The van der Waals surface area contributed by atoms with Gasteiger partial charge in [0.15, 0.2) is 0 Å². The maximum absolute atomic E-state index is 9.99. The van der Waals surface area contributed by atoms with E-state index in [-0.39, 0.29) is 0 Å². The van der Waals surface area contributed by atoms with Gasteiger partial charge in [-0.2, -0.15) is 6.08 Å². The number of hydrogen-bond acceptors (Lipinski definition) is 1. The Morgan fingerprint density at radius 3 is 1.67 bits per heavy atom. The van der Waals surface area contributed by atoms with Gasteiger partial charge in [0.05, 0.1) is 0 Å². The van der Waals surface area contributed by atoms with Gasteiger partial charge in [0.2, 0.25) is 0 Å². The molecule has 0 saturated carbocycles. The first-order valence-corrected chi connectivity index (χ1v) is 8.71. The molecule has 2 aromatic carbocycles. The molecule has 1 aliphatic carbocycles. The van der Waals surface area contributed by atoms with Gasteiger partial charge in [0.25, 0.3) is 0 Å². The molecule has 0 spiro atoms. The minimum absolute atomic E-state index is 0.516. The van der Waals surface area contributed by atoms with Crippen LogP contribution in [-0.2, 0) is 19.4 Å². The molecule has 0 radical (unpaired) electrons. The van der Waals surface area contributed by atoms with Crippen molar-refractivity contribution in [2.24, 2.45) is 0 Å². The summed E-state index contributed by atoms with van der Waals surface area (Å²) in [4.78, 5) is 0. The molecule has 3 rings (SSSR count). The maximum atomic E-state index is 9.99. The van der Waals surface area contributed by atoms with E-state index in [0.29, 0.717) is 0 Å². The SMILES string of the molecule is OC(c1ccccc1)c1ccccc1.[C-]1=CC=CC1.[Cl][Ti+]. The van der Waals surface area contributed by atoms with Crippen molar-refractivity contribution in [1.29, 1.82) is 0 Å². The molecule has 2 aromatic rings. The van der Waals surface area contributed by atoms with Gasteiger partial charge in [-0.05, 0) is 11.1 Å². The van der Waals surface area contributed by atoms with Crippen LogP contribution in [0.5, 0.6) is 0 Å². The van der Waals surface area contributed by atoms with Crippen LogP contribution in [0, 0.1) is 6.08 Å². The molecule has 0 saturated heterocycles. The number of hydrogen-bond donors (Lipinski definition) is 1. The number of rotatable bonds is 2. The molecule has 0 amide bonds. The Hall–Kier alpha value is -1.12. The first-order chi connectivity index (χ1) is 10.4. The quantitative estimate of drug-likeness (QED) is 0.621. The molecular formula is C18H17ClOTi. The molecule has 1 nitrogen and oxygen atoms in total. The van der Waals surface area contributed by atoms with E-state index in [1.165, 1.54) is 19.4 Å². The van der Waals surface area contributed by atoms with E-state index in [2.05, 4.69) is 21.5 Å². The Kier molecular flexibility index (Phi) is 9.85. The molecule has 0 unspecified atom stereocenters. The van der Waals surface area contributed by atoms with E-state index in [1.54, 1.807) is 0 Å². The zero-order valence-electron chi connectivity index (χ0n) is 11.6. The van der Waals surface area contributed by atoms with E-state index in [1.807, 2.05) is 72.8 Å². The summed E-state index contributed by atoms with van der Waals surface area (Å²) in [6.45, 7) is 0. The van der Waals surface area contributed by atoms with Crippen molar-refractivity contribution in [3.8, 4) is 0 Å². The van der Waals surface area contributed by atoms with Crippen LogP contribution in [0.25, 0.3) is 0 Å². The average Bonchev–Trinajstić information content (AvgIpc) is 3.17. The van der Waals surface area contributed by atoms with Crippen LogP contribution in [0.2, 0.25) is 0 Å². The predicted octanol–water partition coefficient (Wildman–Crippen LogP) is 4.76. The van der Waals surface area contributed by atoms with Gasteiger partial charge in [-0.1, -0.05) is 60.7 Å². The molecule has 0 atom stereocenters. The van der Waals surface area contributed by atoms with Gasteiger partial charge in [0, 0.05) is 0 Å². The summed E-state index contributed by atoms with van der Waals surface area (Å²) in [6.07, 6.45) is 9.48. The standard InChI is InChI=1S/C13H12O.C5H5.ClH.Ti/c14-13(11-7-3-1-4-8-11)12-9-5-2-6-10-12;1-2-4-5-3-1;;/h1-10,13-14H;1-3H,4H2;1H;/q;-1;;+2/p-1. The van der Waals surface area contributed by atoms with Gasteiger partial charge >= 0.3 is 28.7 Å². The van der Waals surface area contributed by atoms with Gasteiger partial charge in [0.1, 0.15) is 6.10 Å². The molecule has 1 aliphatic rings. The fourth-order valence-electron chi connectivity index (χ4n) is 1.80. The molecule has 0 bridgehead atoms. The molecule has 0 fully saturated rings. The Bertz CT molecular complexity index is 488. The summed E-state index contributed by atoms with van der Waals surface area (Å²) in [5, 5.41) is 9.99. The molecule has 3 heteroatoms. The Labute approximate surface area is 142 Å². The van der Waals surface area contributed by atoms with Gasteiger partial charge in [-0.3, -0.25) is 6.08 Å². The van der Waals surface area contributed by atoms with Crippen LogP contribution >= 0.6 is 9.30 Å². The summed E-state index contributed by atoms with van der Waals surface area (Å²) in [7, 11) is 4.64. The van der Waals surface area contributed by atoms with Crippen LogP contribution in [0.15, 0.2) is 78.9 Å². The zero-order valence-corrected chi connectivity index (χ0v) is 13.9. The van der Waals surface area contributed by atoms with Gasteiger partial charge in [-0.25, -0.2) is 12.2 Å². The second-order valence-corrected chi connectivity index (χ2v) is 4.23. The third-order valence-corrected chi connectivity index (χ3v) is 2.82. The van der Waals surface area contributed by atoms with E-state index in [4.69, 9.17) is 0 Å². The molecule has 0 aliphatic heterocycles. The summed E-state index contributed by atoms with van der Waals surface area (Å²) >= 11 is 1.47. The Morgan fingerprint density at radius 2 is 1.38 bits per heavy atom. The van der Waals surface area contributed by atoms with Crippen molar-refractivity contribution in [1.82, 2.24) is 0 Å². The number of aliphatic hydroxyl groups excluding tert-OH is 1. The summed E-state index contributed by atoms with van der Waals surface area (Å²) in [6, 6.07) is 19.3. The van der Waals surface area contributed by atoms with Crippen molar-refractivity contribution in [3.63, 3.8) is 0 Å². The normalized spacial score (nSPS) is 11.3. The third-order valence-electron chi connectivity index (χ3n) is 2.82. The van der Waals surface area contributed by atoms with E-state index in [9.17, 15) is 5.11 Å². The van der Waals surface area contributed by atoms with Crippen molar-refractivity contribution in [2.75, 3.05) is 0 Å². The van der Waals surface area contributed by atoms with Crippen molar-refractivity contribution < 1.29 is 24.5 Å². The molecule has 0 heterocycles. The zero-order chi connectivity index (χ0) is 15.3. The monoisotopic (exact) mass is 332 g/mol. The van der Waals surface area contributed by atoms with Crippen LogP contribution in [0.3, 0.4) is 0 Å². The van der Waals surface area contributed by atoms with Gasteiger partial charge < -0.3 is 5.11 Å². The van der Waals surface area contributed by atoms with E-state index in [0.717, 1.165) is 17.5 Å². The van der Waals surface area contributed by atoms with Gasteiger partial charge in [-0.15, -0.1) is 6.42 Å². The molecule has 106 valence electrons. The van der Waals surface area contributed by atoms with Crippen LogP contribution in [-0.4, -0.2) is 5.11 Å². The van der Waals surface area contributed by atoms with Crippen LogP contribution < -0.4 is 0 Å². The third kappa shape index (κ3) is 6.92. The van der Waals surface area contributed by atoms with E-state index < -0.39 is 6.10 Å². The molecule has 1 N–H and O–H groups in total. The Balaban J connectivity index is 0.000000263. The Morgan fingerprint density at radius 1 is 0.905 bits per heavy atom. The molecule has 0 aromatic heterocycles. The van der Waals surface area contributed by atoms with Crippen molar-refractivity contribution in [3.05, 3.63) is 96.1 Å². The number of aliphatic hydroxyl groups is 1. The molecule has 21 heavy (non-hydrogen) atoms. The molecular weight excluding hydrogens is 316 g/mol. The van der Waals surface area contributed by atoms with Crippen LogP contribution in [0.1, 0.15) is 23.7 Å². The van der Waals surface area contributed by atoms with Crippen molar-refractivity contribution >= 4 is 9.30 Å². The second-order valence-electron chi connectivity index (χ2n) is 4.23. The summed E-state index contributed by atoms with van der Waals surface area (Å²) in [5.74, 6) is 0. The number of allylic oxidation sites excluding steroid dienone is 4. The second kappa shape index (κ2) is 11.5. The number of halogens is 1. The fourth-order valence-corrected chi connectivity index (χ4v) is 1.80. The fraction of sp³-hybridized carbons (Fsp3) is 0.111. The summed E-state index contributed by atoms with van der Waals surface area (Å²) < 4.78 is 0. The topological polar surface area (TPSA) is 20.2 Å². The van der Waals surface area contributed by atoms with Crippen LogP contribution in [0.4, 0.5) is 0 Å². The first-order valence-electron chi connectivity index (χ1n) is 6.56.